The Morgan fingerprint density at radius 2 is 0.778 bits per heavy atom. The average Bonchev–Trinajstić information content (AvgIpc) is 3.24. The zero-order chi connectivity index (χ0) is 46.1. The van der Waals surface area contributed by atoms with E-state index in [4.69, 9.17) is 14.2 Å². The monoisotopic (exact) mass is 891 g/mol. The number of nitrogens with one attached hydrogen (secondary N) is 1. The van der Waals surface area contributed by atoms with Crippen molar-refractivity contribution in [3.05, 3.63) is 0 Å². The molecule has 63 heavy (non-hydrogen) atoms. The third-order valence-electron chi connectivity index (χ3n) is 13.5. The van der Waals surface area contributed by atoms with E-state index in [1.807, 2.05) is 0 Å². The summed E-state index contributed by atoms with van der Waals surface area (Å²) in [6.45, 7) is 17.9. The SMILES string of the molecule is CCCCCCCCCCCCOC(=O)CCNCC1(C)CC(N(CCC(=O)OCCCCCCCCCCCC)CCC(=O)OCCCCCCCCCCCC)CC(C)(C)C1. The van der Waals surface area contributed by atoms with Gasteiger partial charge in [0.25, 0.3) is 0 Å². The van der Waals surface area contributed by atoms with Crippen LogP contribution < -0.4 is 5.32 Å². The smallest absolute Gasteiger partial charge is 0.307 e. The molecule has 372 valence electrons. The molecule has 1 aliphatic rings. The van der Waals surface area contributed by atoms with Crippen LogP contribution in [0.3, 0.4) is 0 Å². The van der Waals surface area contributed by atoms with E-state index in [1.54, 1.807) is 0 Å². The molecule has 8 nitrogen and oxygen atoms in total. The Hall–Kier alpha value is -1.67. The van der Waals surface area contributed by atoms with Crippen molar-refractivity contribution in [1.82, 2.24) is 10.2 Å². The van der Waals surface area contributed by atoms with Crippen LogP contribution in [0.5, 0.6) is 0 Å². The Balaban J connectivity index is 2.58. The van der Waals surface area contributed by atoms with E-state index in [2.05, 4.69) is 51.8 Å². The summed E-state index contributed by atoms with van der Waals surface area (Å²) in [5.41, 5.74) is 0.105. The number of ether oxygens (including phenoxy) is 3. The van der Waals surface area contributed by atoms with Crippen molar-refractivity contribution in [2.45, 2.75) is 279 Å². The van der Waals surface area contributed by atoms with Crippen molar-refractivity contribution in [3.8, 4) is 0 Å². The molecular formula is C55H106N2O6. The fraction of sp³-hybridized carbons (Fsp3) is 0.945. The maximum absolute atomic E-state index is 13.0. The third kappa shape index (κ3) is 36.2. The second-order valence-corrected chi connectivity index (χ2v) is 20.9. The van der Waals surface area contributed by atoms with E-state index in [9.17, 15) is 14.4 Å². The Morgan fingerprint density at radius 1 is 0.460 bits per heavy atom. The van der Waals surface area contributed by atoms with Gasteiger partial charge in [-0.1, -0.05) is 215 Å². The van der Waals surface area contributed by atoms with Crippen LogP contribution in [0.25, 0.3) is 0 Å². The standard InChI is InChI=1S/C55H106N2O6/c1-7-10-13-16-19-22-25-28-31-34-43-61-51(58)37-40-56-49-55(6)47-50(46-54(4,5)48-55)57(41-38-52(59)62-44-35-32-29-26-23-20-17-14-11-8-2)42-39-53(60)63-45-36-33-30-27-24-21-18-15-12-9-3/h50,56H,7-49H2,1-6H3. The summed E-state index contributed by atoms with van der Waals surface area (Å²) in [5.74, 6) is -0.394. The van der Waals surface area contributed by atoms with Crippen molar-refractivity contribution < 1.29 is 28.6 Å². The number of carbonyl (C=O) groups is 3. The first-order valence-corrected chi connectivity index (χ1v) is 27.5. The lowest BCUT2D eigenvalue weighted by Gasteiger charge is -2.50. The molecule has 0 aliphatic heterocycles. The predicted octanol–water partition coefficient (Wildman–Crippen LogP) is 15.0. The summed E-state index contributed by atoms with van der Waals surface area (Å²) in [5, 5.41) is 3.61. The largest absolute Gasteiger partial charge is 0.466 e. The summed E-state index contributed by atoms with van der Waals surface area (Å²) < 4.78 is 17.0. The van der Waals surface area contributed by atoms with E-state index >= 15 is 0 Å². The van der Waals surface area contributed by atoms with Crippen LogP contribution in [0.15, 0.2) is 0 Å². The normalized spacial score (nSPS) is 17.3. The Morgan fingerprint density at radius 3 is 1.13 bits per heavy atom. The highest BCUT2D eigenvalue weighted by atomic mass is 16.5. The molecule has 0 radical (unpaired) electrons. The maximum atomic E-state index is 13.0. The lowest BCUT2D eigenvalue weighted by molar-refractivity contribution is -0.145. The number of rotatable bonds is 45. The quantitative estimate of drug-likeness (QED) is 0.0367. The van der Waals surface area contributed by atoms with Crippen LogP contribution in [0.1, 0.15) is 273 Å². The Kier molecular flexibility index (Phi) is 38.2. The van der Waals surface area contributed by atoms with Gasteiger partial charge in [-0.05, 0) is 49.4 Å². The number of nitrogens with zero attached hydrogens (tertiary/aromatic N) is 1. The zero-order valence-corrected chi connectivity index (χ0v) is 42.9. The molecule has 1 N–H and O–H groups in total. The number of esters is 3. The molecule has 1 fully saturated rings. The number of unbranched alkanes of at least 4 members (excludes halogenated alkanes) is 27. The van der Waals surface area contributed by atoms with Crippen LogP contribution in [0, 0.1) is 10.8 Å². The molecule has 0 aromatic heterocycles. The molecule has 0 heterocycles. The van der Waals surface area contributed by atoms with Crippen LogP contribution >= 0.6 is 0 Å². The van der Waals surface area contributed by atoms with Crippen molar-refractivity contribution in [2.75, 3.05) is 46.0 Å². The van der Waals surface area contributed by atoms with Gasteiger partial charge in [-0.3, -0.25) is 19.3 Å². The van der Waals surface area contributed by atoms with Gasteiger partial charge in [0.1, 0.15) is 0 Å². The highest BCUT2D eigenvalue weighted by molar-refractivity contribution is 5.70. The van der Waals surface area contributed by atoms with E-state index in [0.29, 0.717) is 58.7 Å². The Bertz CT molecular complexity index is 1040. The predicted molar refractivity (Wildman–Crippen MR) is 266 cm³/mol. The van der Waals surface area contributed by atoms with Gasteiger partial charge in [-0.2, -0.15) is 0 Å². The van der Waals surface area contributed by atoms with E-state index < -0.39 is 0 Å². The van der Waals surface area contributed by atoms with Crippen molar-refractivity contribution in [3.63, 3.8) is 0 Å². The van der Waals surface area contributed by atoms with Gasteiger partial charge in [0.15, 0.2) is 0 Å². The van der Waals surface area contributed by atoms with Gasteiger partial charge in [0, 0.05) is 32.2 Å². The summed E-state index contributed by atoms with van der Waals surface area (Å²) in [4.78, 5) is 41.0. The molecular weight excluding hydrogens is 785 g/mol. The third-order valence-corrected chi connectivity index (χ3v) is 13.5. The molecule has 2 atom stereocenters. The fourth-order valence-electron chi connectivity index (χ4n) is 10.0. The van der Waals surface area contributed by atoms with E-state index in [-0.39, 0.29) is 34.8 Å². The van der Waals surface area contributed by atoms with Crippen molar-refractivity contribution in [2.24, 2.45) is 10.8 Å². The molecule has 8 heteroatoms. The second-order valence-electron chi connectivity index (χ2n) is 20.9. The molecule has 0 aromatic rings. The van der Waals surface area contributed by atoms with Crippen molar-refractivity contribution in [1.29, 1.82) is 0 Å². The van der Waals surface area contributed by atoms with Gasteiger partial charge < -0.3 is 19.5 Å². The summed E-state index contributed by atoms with van der Waals surface area (Å²) in [6.07, 6.45) is 41.8. The molecule has 1 rings (SSSR count). The molecule has 0 aromatic carbocycles. The maximum Gasteiger partial charge on any atom is 0.307 e. The molecule has 0 saturated heterocycles. The van der Waals surface area contributed by atoms with Gasteiger partial charge in [-0.15, -0.1) is 0 Å². The van der Waals surface area contributed by atoms with Crippen LogP contribution in [-0.4, -0.2) is 74.8 Å². The minimum Gasteiger partial charge on any atom is -0.466 e. The van der Waals surface area contributed by atoms with Crippen LogP contribution in [-0.2, 0) is 28.6 Å². The molecule has 0 amide bonds. The lowest BCUT2D eigenvalue weighted by Crippen LogP contribution is -2.51. The van der Waals surface area contributed by atoms with Gasteiger partial charge in [0.2, 0.25) is 0 Å². The molecule has 2 unspecified atom stereocenters. The second kappa shape index (κ2) is 40.6. The average molecular weight is 891 g/mol. The number of carbonyl (C=O) groups excluding carboxylic acids is 3. The number of hydrogen-bond donors (Lipinski definition) is 1. The summed E-state index contributed by atoms with van der Waals surface area (Å²) >= 11 is 0. The van der Waals surface area contributed by atoms with Crippen LogP contribution in [0.2, 0.25) is 0 Å². The first kappa shape index (κ1) is 59.3. The van der Waals surface area contributed by atoms with E-state index in [1.165, 1.54) is 154 Å². The lowest BCUT2D eigenvalue weighted by atomic mass is 9.62. The first-order valence-electron chi connectivity index (χ1n) is 27.5. The van der Waals surface area contributed by atoms with Gasteiger partial charge in [-0.25, -0.2) is 0 Å². The van der Waals surface area contributed by atoms with Crippen molar-refractivity contribution >= 4 is 17.9 Å². The minimum absolute atomic E-state index is 0.0105. The summed E-state index contributed by atoms with van der Waals surface area (Å²) in [7, 11) is 0. The highest BCUT2D eigenvalue weighted by Crippen LogP contribution is 2.47. The van der Waals surface area contributed by atoms with Gasteiger partial charge >= 0.3 is 17.9 Å². The fourth-order valence-corrected chi connectivity index (χ4v) is 10.0. The number of hydrogen-bond acceptors (Lipinski definition) is 8. The molecule has 0 bridgehead atoms. The summed E-state index contributed by atoms with van der Waals surface area (Å²) in [6, 6.07) is 0.233. The molecule has 0 spiro atoms. The highest BCUT2D eigenvalue weighted by Gasteiger charge is 2.43. The molecule has 1 saturated carbocycles. The van der Waals surface area contributed by atoms with Crippen LogP contribution in [0.4, 0.5) is 0 Å². The minimum atomic E-state index is -0.140. The van der Waals surface area contributed by atoms with E-state index in [0.717, 1.165) is 64.3 Å². The van der Waals surface area contributed by atoms with Gasteiger partial charge in [0.05, 0.1) is 39.1 Å². The molecule has 1 aliphatic carbocycles. The first-order chi connectivity index (χ1) is 30.5. The topological polar surface area (TPSA) is 94.2 Å². The zero-order valence-electron chi connectivity index (χ0n) is 42.9. The Labute approximate surface area is 391 Å².